The molecule has 1 aliphatic rings. The summed E-state index contributed by atoms with van der Waals surface area (Å²) in [7, 11) is 0. The van der Waals surface area contributed by atoms with Gasteiger partial charge in [0.05, 0.1) is 6.54 Å². The van der Waals surface area contributed by atoms with Crippen LogP contribution in [0.2, 0.25) is 0 Å². The predicted octanol–water partition coefficient (Wildman–Crippen LogP) is 0.939. The summed E-state index contributed by atoms with van der Waals surface area (Å²) in [5, 5.41) is 2.98. The quantitative estimate of drug-likeness (QED) is 0.852. The maximum absolute atomic E-state index is 13.0. The third kappa shape index (κ3) is 3.00. The Bertz CT molecular complexity index is 423. The van der Waals surface area contributed by atoms with Crippen molar-refractivity contribution in [2.45, 2.75) is 6.42 Å². The summed E-state index contributed by atoms with van der Waals surface area (Å²) in [5.41, 5.74) is 0.704. The molecule has 0 aromatic heterocycles. The number of nitrogens with one attached hydrogen (secondary N) is 1. The molecular formula is C12H14F2N2O. The molecule has 0 unspecified atom stereocenters. The van der Waals surface area contributed by atoms with E-state index in [4.69, 9.17) is 0 Å². The first-order valence-corrected chi connectivity index (χ1v) is 5.59. The zero-order chi connectivity index (χ0) is 12.3. The molecule has 0 saturated carbocycles. The Morgan fingerprint density at radius 3 is 2.82 bits per heavy atom. The van der Waals surface area contributed by atoms with E-state index >= 15 is 0 Å². The first-order chi connectivity index (χ1) is 8.16. The fourth-order valence-electron chi connectivity index (χ4n) is 1.84. The van der Waals surface area contributed by atoms with E-state index in [-0.39, 0.29) is 5.91 Å². The Labute approximate surface area is 98.4 Å². The fraction of sp³-hybridized carbons (Fsp3) is 0.417. The molecule has 3 nitrogen and oxygen atoms in total. The summed E-state index contributed by atoms with van der Waals surface area (Å²) >= 11 is 0. The van der Waals surface area contributed by atoms with Gasteiger partial charge in [-0.1, -0.05) is 6.07 Å². The van der Waals surface area contributed by atoms with Gasteiger partial charge in [-0.25, -0.2) is 8.78 Å². The predicted molar refractivity (Wildman–Crippen MR) is 59.5 cm³/mol. The first kappa shape index (κ1) is 12.0. The molecule has 1 N–H and O–H groups in total. The van der Waals surface area contributed by atoms with Gasteiger partial charge < -0.3 is 10.2 Å². The lowest BCUT2D eigenvalue weighted by molar-refractivity contribution is -0.131. The smallest absolute Gasteiger partial charge is 0.236 e. The van der Waals surface area contributed by atoms with Gasteiger partial charge in [-0.05, 0) is 24.1 Å². The van der Waals surface area contributed by atoms with Gasteiger partial charge in [-0.2, -0.15) is 0 Å². The van der Waals surface area contributed by atoms with E-state index in [2.05, 4.69) is 5.32 Å². The van der Waals surface area contributed by atoms with E-state index in [1.165, 1.54) is 6.07 Å². The molecule has 5 heteroatoms. The lowest BCUT2D eigenvalue weighted by atomic mass is 10.1. The molecule has 0 aliphatic carbocycles. The summed E-state index contributed by atoms with van der Waals surface area (Å²) < 4.78 is 25.7. The highest BCUT2D eigenvalue weighted by molar-refractivity contribution is 5.78. The number of nitrogens with zero attached hydrogens (tertiary/aromatic N) is 1. The molecule has 0 atom stereocenters. The average Bonchev–Trinajstić information content (AvgIpc) is 2.32. The number of carbonyl (C=O) groups is 1. The highest BCUT2D eigenvalue weighted by Crippen LogP contribution is 2.10. The highest BCUT2D eigenvalue weighted by Gasteiger charge is 2.16. The van der Waals surface area contributed by atoms with Crippen LogP contribution in [0.1, 0.15) is 5.56 Å². The molecule has 1 heterocycles. The van der Waals surface area contributed by atoms with Crippen molar-refractivity contribution >= 4 is 5.91 Å². The lowest BCUT2D eigenvalue weighted by Gasteiger charge is -2.27. The molecule has 17 heavy (non-hydrogen) atoms. The molecule has 1 aromatic carbocycles. The number of carbonyl (C=O) groups excluding carboxylic acids is 1. The fourth-order valence-corrected chi connectivity index (χ4v) is 1.84. The van der Waals surface area contributed by atoms with Crippen LogP contribution in [0.5, 0.6) is 0 Å². The molecule has 0 spiro atoms. The Morgan fingerprint density at radius 2 is 2.12 bits per heavy atom. The van der Waals surface area contributed by atoms with Gasteiger partial charge in [0.1, 0.15) is 0 Å². The van der Waals surface area contributed by atoms with Gasteiger partial charge in [0.2, 0.25) is 5.91 Å². The van der Waals surface area contributed by atoms with Crippen molar-refractivity contribution < 1.29 is 13.6 Å². The minimum Gasteiger partial charge on any atom is -0.340 e. The summed E-state index contributed by atoms with van der Waals surface area (Å²) in [6, 6.07) is 3.84. The normalized spacial score (nSPS) is 16.4. The molecule has 92 valence electrons. The number of benzene rings is 1. The molecule has 1 aliphatic heterocycles. The van der Waals surface area contributed by atoms with Gasteiger partial charge >= 0.3 is 0 Å². The van der Waals surface area contributed by atoms with Crippen molar-refractivity contribution in [3.8, 4) is 0 Å². The van der Waals surface area contributed by atoms with Crippen molar-refractivity contribution in [1.29, 1.82) is 0 Å². The van der Waals surface area contributed by atoms with Gasteiger partial charge in [-0.15, -0.1) is 0 Å². The van der Waals surface area contributed by atoms with E-state index in [9.17, 15) is 13.6 Å². The third-order valence-electron chi connectivity index (χ3n) is 2.84. The van der Waals surface area contributed by atoms with Crippen LogP contribution < -0.4 is 5.32 Å². The van der Waals surface area contributed by atoms with Crippen molar-refractivity contribution in [3.05, 3.63) is 35.4 Å². The summed E-state index contributed by atoms with van der Waals surface area (Å²) in [6.45, 7) is 2.36. The molecular weight excluding hydrogens is 226 g/mol. The Morgan fingerprint density at radius 1 is 1.29 bits per heavy atom. The van der Waals surface area contributed by atoms with E-state index in [1.54, 1.807) is 11.0 Å². The van der Waals surface area contributed by atoms with E-state index in [0.717, 1.165) is 12.6 Å². The SMILES string of the molecule is O=C1CNCCN1CCc1ccc(F)c(F)c1. The van der Waals surface area contributed by atoms with Gasteiger partial charge in [0, 0.05) is 19.6 Å². The topological polar surface area (TPSA) is 32.3 Å². The monoisotopic (exact) mass is 240 g/mol. The minimum absolute atomic E-state index is 0.0545. The molecule has 0 bridgehead atoms. The van der Waals surface area contributed by atoms with Crippen molar-refractivity contribution in [3.63, 3.8) is 0 Å². The zero-order valence-electron chi connectivity index (χ0n) is 9.38. The number of rotatable bonds is 3. The van der Waals surface area contributed by atoms with Gasteiger partial charge in [-0.3, -0.25) is 4.79 Å². The van der Waals surface area contributed by atoms with Gasteiger partial charge in [0.15, 0.2) is 11.6 Å². The highest BCUT2D eigenvalue weighted by atomic mass is 19.2. The number of hydrogen-bond donors (Lipinski definition) is 1. The second kappa shape index (κ2) is 5.23. The Kier molecular flexibility index (Phi) is 3.68. The van der Waals surface area contributed by atoms with E-state index in [0.29, 0.717) is 31.6 Å². The average molecular weight is 240 g/mol. The molecule has 1 saturated heterocycles. The lowest BCUT2D eigenvalue weighted by Crippen LogP contribution is -2.48. The molecule has 1 aromatic rings. The van der Waals surface area contributed by atoms with Crippen LogP contribution in [-0.4, -0.2) is 37.0 Å². The second-order valence-corrected chi connectivity index (χ2v) is 4.06. The zero-order valence-corrected chi connectivity index (χ0v) is 9.38. The van der Waals surface area contributed by atoms with E-state index < -0.39 is 11.6 Å². The molecule has 0 radical (unpaired) electrons. The minimum atomic E-state index is -0.841. The third-order valence-corrected chi connectivity index (χ3v) is 2.84. The summed E-state index contributed by atoms with van der Waals surface area (Å²) in [6.07, 6.45) is 0.545. The van der Waals surface area contributed by atoms with Crippen LogP contribution in [0.25, 0.3) is 0 Å². The van der Waals surface area contributed by atoms with Crippen molar-refractivity contribution in [2.75, 3.05) is 26.2 Å². The maximum atomic E-state index is 13.0. The number of piperazine rings is 1. The largest absolute Gasteiger partial charge is 0.340 e. The Balaban J connectivity index is 1.92. The van der Waals surface area contributed by atoms with Crippen LogP contribution >= 0.6 is 0 Å². The van der Waals surface area contributed by atoms with Crippen molar-refractivity contribution in [2.24, 2.45) is 0 Å². The van der Waals surface area contributed by atoms with E-state index in [1.807, 2.05) is 0 Å². The number of amides is 1. The molecule has 1 amide bonds. The molecule has 1 fully saturated rings. The first-order valence-electron chi connectivity index (χ1n) is 5.59. The number of halogens is 2. The summed E-state index contributed by atoms with van der Waals surface area (Å²) in [5.74, 6) is -1.63. The van der Waals surface area contributed by atoms with Crippen molar-refractivity contribution in [1.82, 2.24) is 10.2 Å². The van der Waals surface area contributed by atoms with Gasteiger partial charge in [0.25, 0.3) is 0 Å². The van der Waals surface area contributed by atoms with Crippen LogP contribution in [0.15, 0.2) is 18.2 Å². The maximum Gasteiger partial charge on any atom is 0.236 e. The van der Waals surface area contributed by atoms with Crippen LogP contribution in [-0.2, 0) is 11.2 Å². The van der Waals surface area contributed by atoms with Crippen LogP contribution in [0.4, 0.5) is 8.78 Å². The number of hydrogen-bond acceptors (Lipinski definition) is 2. The summed E-state index contributed by atoms with van der Waals surface area (Å²) in [4.78, 5) is 13.2. The van der Waals surface area contributed by atoms with Crippen LogP contribution in [0, 0.1) is 11.6 Å². The standard InChI is InChI=1S/C12H14F2N2O/c13-10-2-1-9(7-11(10)14)3-5-16-6-4-15-8-12(16)17/h1-2,7,15H,3-6,8H2. The Hall–Kier alpha value is -1.49. The molecule has 2 rings (SSSR count). The van der Waals surface area contributed by atoms with Crippen LogP contribution in [0.3, 0.4) is 0 Å². The second-order valence-electron chi connectivity index (χ2n) is 4.06.